The van der Waals surface area contributed by atoms with Crippen LogP contribution in [-0.4, -0.2) is 89.2 Å². The van der Waals surface area contributed by atoms with Crippen molar-refractivity contribution in [2.24, 2.45) is 0 Å². The largest absolute Gasteiger partial charge is 0.420 e. The number of nitrogens with one attached hydrogen (secondary N) is 1. The standard InChI is InChI=1S/C23H18B3F7N4O4.C2H6/c24-23(25,26)37(14-3-1-13(27)2-4-14)19(39)41-17-15(22(31,32)33)7-12(21(28,29)30)8-16(17)36-6-5-35(18(36)38)11-20(40)9-34-10-20;1-2/h1-4,7-8,34,40H,5-6,9-11H2;1-2H3. The van der Waals surface area contributed by atoms with Crippen molar-refractivity contribution in [2.45, 2.75) is 37.0 Å². The van der Waals surface area contributed by atoms with E-state index in [1.54, 1.807) is 0 Å². The van der Waals surface area contributed by atoms with Gasteiger partial charge < -0.3 is 20.1 Å². The summed E-state index contributed by atoms with van der Waals surface area (Å²) in [5.74, 6) is -2.24. The molecule has 0 bridgehead atoms. The van der Waals surface area contributed by atoms with Gasteiger partial charge in [0.1, 0.15) is 17.0 Å². The van der Waals surface area contributed by atoms with Gasteiger partial charge in [0.15, 0.2) is 5.75 Å². The first-order chi connectivity index (χ1) is 19.8. The molecule has 226 valence electrons. The molecule has 6 radical (unpaired) electrons. The third-order valence-electron chi connectivity index (χ3n) is 6.33. The van der Waals surface area contributed by atoms with E-state index in [1.165, 1.54) is 0 Å². The SMILES string of the molecule is CC.[B]C([B])([B])N(C(=O)Oc1c(N2CCN(CC3(O)CNC3)C2=O)cc(C(F)(F)F)cc1C(F)(F)F)c1ccc(F)cc1. The number of carbonyl (C=O) groups excluding carboxylic acids is 2. The number of β-amino-alcohol motifs (C(OH)–C–C–N with tert-alkyl or cyclic N) is 1. The molecule has 0 saturated carbocycles. The van der Waals surface area contributed by atoms with E-state index in [9.17, 15) is 45.4 Å². The lowest BCUT2D eigenvalue weighted by atomic mass is 9.48. The van der Waals surface area contributed by atoms with Crippen LogP contribution in [0.3, 0.4) is 0 Å². The van der Waals surface area contributed by atoms with E-state index in [4.69, 9.17) is 28.3 Å². The number of urea groups is 1. The van der Waals surface area contributed by atoms with Crippen molar-refractivity contribution in [1.82, 2.24) is 10.2 Å². The zero-order chi connectivity index (χ0) is 32.5. The molecule has 2 aromatic rings. The molecule has 8 nitrogen and oxygen atoms in total. The molecule has 2 saturated heterocycles. The Kier molecular flexibility index (Phi) is 9.76. The predicted octanol–water partition coefficient (Wildman–Crippen LogP) is 3.59. The molecule has 2 aliphatic heterocycles. The fourth-order valence-electron chi connectivity index (χ4n) is 4.34. The Morgan fingerprint density at radius 2 is 1.60 bits per heavy atom. The minimum atomic E-state index is -5.52. The Morgan fingerprint density at radius 1 is 1.02 bits per heavy atom. The average Bonchev–Trinajstić information content (AvgIpc) is 3.23. The number of benzene rings is 2. The molecule has 4 rings (SSSR count). The molecule has 2 N–H and O–H groups in total. The van der Waals surface area contributed by atoms with Crippen LogP contribution in [0.4, 0.5) is 51.7 Å². The first-order valence-electron chi connectivity index (χ1n) is 12.8. The van der Waals surface area contributed by atoms with Gasteiger partial charge in [-0.3, -0.25) is 9.80 Å². The van der Waals surface area contributed by atoms with Crippen molar-refractivity contribution < 1.29 is 50.2 Å². The number of aliphatic hydroxyl groups is 1. The maximum absolute atomic E-state index is 14.1. The van der Waals surface area contributed by atoms with Crippen LogP contribution in [0.2, 0.25) is 0 Å². The molecule has 0 aromatic heterocycles. The molecule has 18 heteroatoms. The summed E-state index contributed by atoms with van der Waals surface area (Å²) < 4.78 is 102. The number of carbonyl (C=O) groups is 2. The number of halogens is 7. The summed E-state index contributed by atoms with van der Waals surface area (Å²) in [4.78, 5) is 28.2. The van der Waals surface area contributed by atoms with Crippen molar-refractivity contribution in [3.05, 3.63) is 53.3 Å². The maximum atomic E-state index is 14.1. The molecule has 2 heterocycles. The van der Waals surface area contributed by atoms with Gasteiger partial charge in [-0.1, -0.05) is 19.1 Å². The highest BCUT2D eigenvalue weighted by Gasteiger charge is 2.46. The normalized spacial score (nSPS) is 16.7. The van der Waals surface area contributed by atoms with Crippen LogP contribution in [0.25, 0.3) is 0 Å². The third kappa shape index (κ3) is 7.58. The number of hydrogen-bond donors (Lipinski definition) is 2. The lowest BCUT2D eigenvalue weighted by molar-refractivity contribution is -0.143. The van der Waals surface area contributed by atoms with Gasteiger partial charge in [0.25, 0.3) is 0 Å². The lowest BCUT2D eigenvalue weighted by Gasteiger charge is -2.40. The highest BCUT2D eigenvalue weighted by Crippen LogP contribution is 2.47. The van der Waals surface area contributed by atoms with Crippen molar-refractivity contribution in [2.75, 3.05) is 42.5 Å². The first kappa shape index (κ1) is 34.1. The monoisotopic (exact) mass is 610 g/mol. The number of rotatable bonds is 6. The fraction of sp³-hybridized carbons (Fsp3) is 0.440. The van der Waals surface area contributed by atoms with Gasteiger partial charge in [-0.15, -0.1) is 0 Å². The summed E-state index contributed by atoms with van der Waals surface area (Å²) in [5, 5.41) is 10.5. The summed E-state index contributed by atoms with van der Waals surface area (Å²) in [6.45, 7) is 3.37. The van der Waals surface area contributed by atoms with Crippen molar-refractivity contribution in [1.29, 1.82) is 0 Å². The molecule has 0 aliphatic carbocycles. The number of anilines is 2. The molecular formula is C25H24B3F7N4O4. The summed E-state index contributed by atoms with van der Waals surface area (Å²) in [7, 11) is 16.8. The zero-order valence-corrected chi connectivity index (χ0v) is 22.9. The number of alkyl halides is 6. The van der Waals surface area contributed by atoms with Crippen LogP contribution in [0.5, 0.6) is 5.75 Å². The molecule has 2 fully saturated rings. The maximum Gasteiger partial charge on any atom is 0.420 e. The Morgan fingerprint density at radius 3 is 2.07 bits per heavy atom. The van der Waals surface area contributed by atoms with Crippen LogP contribution in [-0.2, 0) is 12.4 Å². The van der Waals surface area contributed by atoms with Crippen LogP contribution >= 0.6 is 0 Å². The van der Waals surface area contributed by atoms with Gasteiger partial charge in [-0.25, -0.2) is 14.0 Å². The lowest BCUT2D eigenvalue weighted by Crippen LogP contribution is -2.64. The Hall–Kier alpha value is -3.40. The van der Waals surface area contributed by atoms with Gasteiger partial charge in [0.05, 0.1) is 41.3 Å². The van der Waals surface area contributed by atoms with Crippen LogP contribution in [0.1, 0.15) is 25.0 Å². The minimum Gasteiger partial charge on any atom is -0.407 e. The molecule has 0 unspecified atom stereocenters. The number of ether oxygens (including phenoxy) is 1. The van der Waals surface area contributed by atoms with Gasteiger partial charge in [0, 0.05) is 31.9 Å². The molecule has 3 amide bonds. The highest BCUT2D eigenvalue weighted by atomic mass is 19.4. The highest BCUT2D eigenvalue weighted by molar-refractivity contribution is 6.62. The van der Waals surface area contributed by atoms with E-state index < -0.39 is 70.2 Å². The van der Waals surface area contributed by atoms with E-state index in [0.29, 0.717) is 4.90 Å². The van der Waals surface area contributed by atoms with E-state index in [-0.39, 0.29) is 48.9 Å². The number of hydrogen-bond acceptors (Lipinski definition) is 5. The van der Waals surface area contributed by atoms with Crippen molar-refractivity contribution in [3.63, 3.8) is 0 Å². The number of amides is 3. The van der Waals surface area contributed by atoms with Gasteiger partial charge in [-0.05, 0) is 36.4 Å². The fourth-order valence-corrected chi connectivity index (χ4v) is 4.34. The van der Waals surface area contributed by atoms with E-state index >= 15 is 0 Å². The van der Waals surface area contributed by atoms with E-state index in [0.717, 1.165) is 29.2 Å². The van der Waals surface area contributed by atoms with Gasteiger partial charge in [0.2, 0.25) is 0 Å². The van der Waals surface area contributed by atoms with Crippen molar-refractivity contribution in [3.8, 4) is 5.75 Å². The van der Waals surface area contributed by atoms with E-state index in [1.807, 2.05) is 13.8 Å². The molecule has 2 aromatic carbocycles. The average molecular weight is 610 g/mol. The first-order valence-corrected chi connectivity index (χ1v) is 12.8. The zero-order valence-electron chi connectivity index (χ0n) is 22.9. The third-order valence-corrected chi connectivity index (χ3v) is 6.33. The van der Waals surface area contributed by atoms with Gasteiger partial charge >= 0.3 is 24.5 Å². The van der Waals surface area contributed by atoms with E-state index in [2.05, 4.69) is 5.32 Å². The Bertz CT molecular complexity index is 1330. The minimum absolute atomic E-state index is 0.111. The van der Waals surface area contributed by atoms with Crippen LogP contribution in [0, 0.1) is 5.82 Å². The summed E-state index contributed by atoms with van der Waals surface area (Å²) in [5.41, 5.74) is -6.54. The van der Waals surface area contributed by atoms with Crippen LogP contribution in [0.15, 0.2) is 36.4 Å². The summed E-state index contributed by atoms with van der Waals surface area (Å²) in [6.07, 6.45) is -12.6. The van der Waals surface area contributed by atoms with Crippen LogP contribution < -0.4 is 19.9 Å². The molecule has 0 atom stereocenters. The second kappa shape index (κ2) is 12.3. The second-order valence-electron chi connectivity index (χ2n) is 9.62. The Labute approximate surface area is 246 Å². The molecule has 43 heavy (non-hydrogen) atoms. The quantitative estimate of drug-likeness (QED) is 0.386. The summed E-state index contributed by atoms with van der Waals surface area (Å²) in [6, 6.07) is 2.47. The summed E-state index contributed by atoms with van der Waals surface area (Å²) >= 11 is 0. The molecule has 0 spiro atoms. The van der Waals surface area contributed by atoms with Gasteiger partial charge in [-0.2, -0.15) is 26.3 Å². The topological polar surface area (TPSA) is 85.3 Å². The molecule has 2 aliphatic rings. The second-order valence-corrected chi connectivity index (χ2v) is 9.62. The smallest absolute Gasteiger partial charge is 0.407 e. The van der Waals surface area contributed by atoms with Crippen molar-refractivity contribution >= 4 is 47.0 Å². The number of nitrogens with zero attached hydrogens (tertiary/aromatic N) is 3. The predicted molar refractivity (Wildman–Crippen MR) is 145 cm³/mol. The Balaban J connectivity index is 0.00000248. The molecular weight excluding hydrogens is 586 g/mol.